The minimum Gasteiger partial charge on any atom is -0.493 e. The maximum Gasteiger partial charge on any atom is 0.323 e. The highest BCUT2D eigenvalue weighted by Gasteiger charge is 2.22. The molecule has 0 aromatic heterocycles. The Bertz CT molecular complexity index is 465. The van der Waals surface area contributed by atoms with Gasteiger partial charge < -0.3 is 19.9 Å². The number of methoxy groups -OCH3 is 2. The summed E-state index contributed by atoms with van der Waals surface area (Å²) < 4.78 is 15.6. The third-order valence-corrected chi connectivity index (χ3v) is 2.61. The molecule has 0 aliphatic carbocycles. The first-order valence-electron chi connectivity index (χ1n) is 6.46. The predicted octanol–water partition coefficient (Wildman–Crippen LogP) is 1.92. The van der Waals surface area contributed by atoms with Gasteiger partial charge in [0.1, 0.15) is 11.6 Å². The highest BCUT2D eigenvalue weighted by atomic mass is 16.6. The maximum absolute atomic E-state index is 11.8. The van der Waals surface area contributed by atoms with E-state index in [0.717, 1.165) is 5.56 Å². The van der Waals surface area contributed by atoms with Gasteiger partial charge in [-0.15, -0.1) is 0 Å². The van der Waals surface area contributed by atoms with Gasteiger partial charge in [-0.3, -0.25) is 4.79 Å². The van der Waals surface area contributed by atoms with Crippen LogP contribution in [0.2, 0.25) is 0 Å². The van der Waals surface area contributed by atoms with Gasteiger partial charge in [-0.25, -0.2) is 0 Å². The molecule has 0 bridgehead atoms. The molecule has 112 valence electrons. The number of hydrogen-bond donors (Lipinski definition) is 1. The van der Waals surface area contributed by atoms with Crippen molar-refractivity contribution in [2.24, 2.45) is 5.73 Å². The fourth-order valence-electron chi connectivity index (χ4n) is 1.72. The number of benzene rings is 1. The van der Waals surface area contributed by atoms with E-state index in [0.29, 0.717) is 17.9 Å². The first kappa shape index (κ1) is 16.3. The van der Waals surface area contributed by atoms with Crippen LogP contribution in [-0.4, -0.2) is 31.8 Å². The summed E-state index contributed by atoms with van der Waals surface area (Å²) in [5.41, 5.74) is 6.23. The lowest BCUT2D eigenvalue weighted by Crippen LogP contribution is -2.38. The van der Waals surface area contributed by atoms with Crippen LogP contribution in [0.3, 0.4) is 0 Å². The summed E-state index contributed by atoms with van der Waals surface area (Å²) in [5.74, 6) is 0.843. The highest BCUT2D eigenvalue weighted by Crippen LogP contribution is 2.28. The molecule has 0 radical (unpaired) electrons. The van der Waals surface area contributed by atoms with Gasteiger partial charge >= 0.3 is 5.97 Å². The number of carbonyl (C=O) groups excluding carboxylic acids is 1. The normalized spacial score (nSPS) is 12.7. The smallest absolute Gasteiger partial charge is 0.323 e. The van der Waals surface area contributed by atoms with Gasteiger partial charge in [0.05, 0.1) is 14.2 Å². The van der Waals surface area contributed by atoms with Crippen molar-refractivity contribution in [2.45, 2.75) is 38.8 Å². The van der Waals surface area contributed by atoms with Crippen molar-refractivity contribution in [1.29, 1.82) is 0 Å². The van der Waals surface area contributed by atoms with Crippen LogP contribution in [0.1, 0.15) is 26.3 Å². The average molecular weight is 281 g/mol. The number of nitrogens with two attached hydrogens (primary N) is 1. The van der Waals surface area contributed by atoms with E-state index in [1.165, 1.54) is 0 Å². The summed E-state index contributed by atoms with van der Waals surface area (Å²) in [6.07, 6.45) is 0.384. The Morgan fingerprint density at radius 1 is 1.20 bits per heavy atom. The summed E-state index contributed by atoms with van der Waals surface area (Å²) in [4.78, 5) is 11.8. The summed E-state index contributed by atoms with van der Waals surface area (Å²) >= 11 is 0. The van der Waals surface area contributed by atoms with Gasteiger partial charge in [-0.2, -0.15) is 0 Å². The molecule has 1 atom stereocenters. The molecule has 1 aromatic carbocycles. The first-order chi connectivity index (χ1) is 9.26. The number of carbonyl (C=O) groups is 1. The van der Waals surface area contributed by atoms with Crippen molar-refractivity contribution < 1.29 is 19.0 Å². The van der Waals surface area contributed by atoms with E-state index in [1.54, 1.807) is 20.3 Å². The topological polar surface area (TPSA) is 70.8 Å². The van der Waals surface area contributed by atoms with Crippen LogP contribution in [-0.2, 0) is 16.0 Å². The van der Waals surface area contributed by atoms with Crippen molar-refractivity contribution in [3.63, 3.8) is 0 Å². The molecule has 0 aliphatic heterocycles. The maximum atomic E-state index is 11.8. The molecular formula is C15H23NO4. The molecule has 0 fully saturated rings. The standard InChI is InChI=1S/C15H23NO4/c1-15(2,3)20-14(17)11(16)8-10-6-7-12(18-4)13(9-10)19-5/h6-7,9,11H,8,16H2,1-5H3. The van der Waals surface area contributed by atoms with Gasteiger partial charge in [0.25, 0.3) is 0 Å². The third-order valence-electron chi connectivity index (χ3n) is 2.61. The number of esters is 1. The lowest BCUT2D eigenvalue weighted by atomic mass is 10.1. The molecule has 0 aliphatic rings. The second kappa shape index (κ2) is 6.61. The molecule has 1 aromatic rings. The van der Waals surface area contributed by atoms with E-state index in [9.17, 15) is 4.79 Å². The Balaban J connectivity index is 2.75. The molecule has 5 heteroatoms. The Morgan fingerprint density at radius 3 is 2.30 bits per heavy atom. The van der Waals surface area contributed by atoms with Crippen LogP contribution in [0.4, 0.5) is 0 Å². The van der Waals surface area contributed by atoms with Crippen LogP contribution < -0.4 is 15.2 Å². The summed E-state index contributed by atoms with van der Waals surface area (Å²) in [6, 6.07) is 4.75. The van der Waals surface area contributed by atoms with Crippen molar-refractivity contribution in [3.8, 4) is 11.5 Å². The molecular weight excluding hydrogens is 258 g/mol. The molecule has 1 unspecified atom stereocenters. The second-order valence-electron chi connectivity index (χ2n) is 5.53. The van der Waals surface area contributed by atoms with Gasteiger partial charge in [-0.1, -0.05) is 6.07 Å². The minimum absolute atomic E-state index is 0.384. The SMILES string of the molecule is COc1ccc(CC(N)C(=O)OC(C)(C)C)cc1OC. The Labute approximate surface area is 120 Å². The van der Waals surface area contributed by atoms with Crippen LogP contribution in [0, 0.1) is 0 Å². The lowest BCUT2D eigenvalue weighted by molar-refractivity contribution is -0.156. The Hall–Kier alpha value is -1.75. The molecule has 1 rings (SSSR count). The monoisotopic (exact) mass is 281 g/mol. The molecule has 2 N–H and O–H groups in total. The number of ether oxygens (including phenoxy) is 3. The molecule has 20 heavy (non-hydrogen) atoms. The van der Waals surface area contributed by atoms with Gasteiger partial charge in [-0.05, 0) is 44.9 Å². The third kappa shape index (κ3) is 4.74. The van der Waals surface area contributed by atoms with E-state index in [1.807, 2.05) is 32.9 Å². The molecule has 5 nitrogen and oxygen atoms in total. The highest BCUT2D eigenvalue weighted by molar-refractivity contribution is 5.76. The molecule has 0 spiro atoms. The van der Waals surface area contributed by atoms with Crippen molar-refractivity contribution >= 4 is 5.97 Å². The van der Waals surface area contributed by atoms with Crippen LogP contribution in [0.25, 0.3) is 0 Å². The zero-order valence-corrected chi connectivity index (χ0v) is 12.7. The molecule has 0 saturated heterocycles. The fraction of sp³-hybridized carbons (Fsp3) is 0.533. The number of hydrogen-bond acceptors (Lipinski definition) is 5. The largest absolute Gasteiger partial charge is 0.493 e. The van der Waals surface area contributed by atoms with Crippen molar-refractivity contribution in [1.82, 2.24) is 0 Å². The van der Waals surface area contributed by atoms with Gasteiger partial charge in [0.15, 0.2) is 11.5 Å². The van der Waals surface area contributed by atoms with Gasteiger partial charge in [0, 0.05) is 0 Å². The predicted molar refractivity (Wildman–Crippen MR) is 77.1 cm³/mol. The minimum atomic E-state index is -0.702. The molecule has 0 amide bonds. The number of rotatable bonds is 5. The average Bonchev–Trinajstić information content (AvgIpc) is 2.36. The van der Waals surface area contributed by atoms with E-state index >= 15 is 0 Å². The molecule has 0 saturated carbocycles. The van der Waals surface area contributed by atoms with Crippen molar-refractivity contribution in [2.75, 3.05) is 14.2 Å². The summed E-state index contributed by atoms with van der Waals surface area (Å²) in [5, 5.41) is 0. The van der Waals surface area contributed by atoms with E-state index in [2.05, 4.69) is 0 Å². The van der Waals surface area contributed by atoms with E-state index in [-0.39, 0.29) is 0 Å². The Kier molecular flexibility index (Phi) is 5.39. The quantitative estimate of drug-likeness (QED) is 0.835. The van der Waals surface area contributed by atoms with Crippen LogP contribution in [0.15, 0.2) is 18.2 Å². The van der Waals surface area contributed by atoms with E-state index in [4.69, 9.17) is 19.9 Å². The zero-order valence-electron chi connectivity index (χ0n) is 12.7. The van der Waals surface area contributed by atoms with Crippen LogP contribution >= 0.6 is 0 Å². The lowest BCUT2D eigenvalue weighted by Gasteiger charge is -2.22. The zero-order chi connectivity index (χ0) is 15.3. The fourth-order valence-corrected chi connectivity index (χ4v) is 1.72. The summed E-state index contributed by atoms with van der Waals surface area (Å²) in [7, 11) is 3.14. The van der Waals surface area contributed by atoms with Crippen LogP contribution in [0.5, 0.6) is 11.5 Å². The summed E-state index contributed by atoms with van der Waals surface area (Å²) in [6.45, 7) is 5.44. The first-order valence-corrected chi connectivity index (χ1v) is 6.46. The van der Waals surface area contributed by atoms with Gasteiger partial charge in [0.2, 0.25) is 0 Å². The van der Waals surface area contributed by atoms with Crippen molar-refractivity contribution in [3.05, 3.63) is 23.8 Å². The van der Waals surface area contributed by atoms with E-state index < -0.39 is 17.6 Å². The Morgan fingerprint density at radius 2 is 1.80 bits per heavy atom. The molecule has 0 heterocycles. The second-order valence-corrected chi connectivity index (χ2v) is 5.53.